The van der Waals surface area contributed by atoms with Gasteiger partial charge in [0.2, 0.25) is 0 Å². The molecular formula is C15H12O2. The van der Waals surface area contributed by atoms with Crippen LogP contribution >= 0.6 is 0 Å². The maximum Gasteiger partial charge on any atom is 0.335 e. The fourth-order valence-corrected chi connectivity index (χ4v) is 1.76. The molecule has 2 aromatic carbocycles. The van der Waals surface area contributed by atoms with Gasteiger partial charge >= 0.3 is 5.97 Å². The van der Waals surface area contributed by atoms with Crippen molar-refractivity contribution < 1.29 is 9.90 Å². The standard InChI is InChI=1S/C15H12O2/c1-2-11-6-3-4-9-14(11)12-7-5-8-13(10-12)15(16)17/h2-10H,1H2,(H,16,17). The van der Waals surface area contributed by atoms with Crippen molar-refractivity contribution in [1.82, 2.24) is 0 Å². The van der Waals surface area contributed by atoms with E-state index in [2.05, 4.69) is 6.58 Å². The number of carbonyl (C=O) groups is 1. The number of benzene rings is 2. The van der Waals surface area contributed by atoms with Crippen molar-refractivity contribution in [2.24, 2.45) is 0 Å². The summed E-state index contributed by atoms with van der Waals surface area (Å²) in [4.78, 5) is 10.9. The third-order valence-electron chi connectivity index (χ3n) is 2.60. The molecule has 17 heavy (non-hydrogen) atoms. The molecule has 0 unspecified atom stereocenters. The Kier molecular flexibility index (Phi) is 3.06. The van der Waals surface area contributed by atoms with Crippen LogP contribution in [0, 0.1) is 0 Å². The summed E-state index contributed by atoms with van der Waals surface area (Å²) < 4.78 is 0. The van der Waals surface area contributed by atoms with E-state index in [0.29, 0.717) is 5.56 Å². The van der Waals surface area contributed by atoms with E-state index in [-0.39, 0.29) is 0 Å². The molecule has 0 fully saturated rings. The summed E-state index contributed by atoms with van der Waals surface area (Å²) in [5, 5.41) is 8.96. The van der Waals surface area contributed by atoms with Gasteiger partial charge in [-0.05, 0) is 28.8 Å². The van der Waals surface area contributed by atoms with Crippen LogP contribution in [-0.2, 0) is 0 Å². The van der Waals surface area contributed by atoms with Crippen LogP contribution in [0.4, 0.5) is 0 Å². The normalized spacial score (nSPS) is 9.88. The molecule has 84 valence electrons. The topological polar surface area (TPSA) is 37.3 Å². The first-order valence-electron chi connectivity index (χ1n) is 5.27. The van der Waals surface area contributed by atoms with Crippen LogP contribution in [0.3, 0.4) is 0 Å². The lowest BCUT2D eigenvalue weighted by atomic mass is 9.98. The summed E-state index contributed by atoms with van der Waals surface area (Å²) >= 11 is 0. The molecule has 1 N–H and O–H groups in total. The second kappa shape index (κ2) is 4.66. The molecule has 0 aliphatic rings. The average molecular weight is 224 g/mol. The predicted octanol–water partition coefficient (Wildman–Crippen LogP) is 3.69. The minimum Gasteiger partial charge on any atom is -0.478 e. The van der Waals surface area contributed by atoms with Crippen LogP contribution in [0.25, 0.3) is 17.2 Å². The Morgan fingerprint density at radius 2 is 1.88 bits per heavy atom. The van der Waals surface area contributed by atoms with Gasteiger partial charge in [0.15, 0.2) is 0 Å². The van der Waals surface area contributed by atoms with Crippen LogP contribution in [0.1, 0.15) is 15.9 Å². The first-order valence-corrected chi connectivity index (χ1v) is 5.27. The van der Waals surface area contributed by atoms with Gasteiger partial charge in [0, 0.05) is 0 Å². The zero-order valence-electron chi connectivity index (χ0n) is 9.26. The van der Waals surface area contributed by atoms with E-state index in [1.807, 2.05) is 30.3 Å². The summed E-state index contributed by atoms with van der Waals surface area (Å²) in [5.41, 5.74) is 3.17. The Morgan fingerprint density at radius 3 is 2.59 bits per heavy atom. The van der Waals surface area contributed by atoms with Gasteiger partial charge in [-0.2, -0.15) is 0 Å². The highest BCUT2D eigenvalue weighted by Crippen LogP contribution is 2.25. The van der Waals surface area contributed by atoms with Gasteiger partial charge < -0.3 is 5.11 Å². The number of rotatable bonds is 3. The lowest BCUT2D eigenvalue weighted by Gasteiger charge is -2.06. The van der Waals surface area contributed by atoms with Gasteiger partial charge in [0.1, 0.15) is 0 Å². The molecule has 2 heteroatoms. The van der Waals surface area contributed by atoms with Crippen molar-refractivity contribution in [2.75, 3.05) is 0 Å². The zero-order valence-corrected chi connectivity index (χ0v) is 9.26. The van der Waals surface area contributed by atoms with Crippen molar-refractivity contribution in [1.29, 1.82) is 0 Å². The Bertz CT molecular complexity index is 571. The number of carboxylic acids is 1. The van der Waals surface area contributed by atoms with E-state index in [1.54, 1.807) is 24.3 Å². The first kappa shape index (κ1) is 11.1. The first-order chi connectivity index (χ1) is 8.22. The smallest absolute Gasteiger partial charge is 0.335 e. The molecule has 0 aromatic heterocycles. The van der Waals surface area contributed by atoms with E-state index in [1.165, 1.54) is 0 Å². The molecule has 0 amide bonds. The molecule has 0 aliphatic heterocycles. The number of hydrogen-bond donors (Lipinski definition) is 1. The van der Waals surface area contributed by atoms with Crippen LogP contribution in [0.2, 0.25) is 0 Å². The van der Waals surface area contributed by atoms with Crippen molar-refractivity contribution in [3.05, 3.63) is 66.2 Å². The van der Waals surface area contributed by atoms with Gasteiger partial charge in [-0.25, -0.2) is 4.79 Å². The van der Waals surface area contributed by atoms with Gasteiger partial charge in [0.05, 0.1) is 5.56 Å². The van der Waals surface area contributed by atoms with Crippen molar-refractivity contribution in [2.45, 2.75) is 0 Å². The Balaban J connectivity index is 2.56. The maximum atomic E-state index is 10.9. The lowest BCUT2D eigenvalue weighted by molar-refractivity contribution is 0.0697. The fraction of sp³-hybridized carbons (Fsp3) is 0. The summed E-state index contributed by atoms with van der Waals surface area (Å²) in [6.07, 6.45) is 1.77. The molecule has 0 spiro atoms. The second-order valence-corrected chi connectivity index (χ2v) is 3.68. The molecule has 0 radical (unpaired) electrons. The lowest BCUT2D eigenvalue weighted by Crippen LogP contribution is -1.96. The number of carboxylic acid groups (broad SMARTS) is 1. The number of hydrogen-bond acceptors (Lipinski definition) is 1. The van der Waals surface area contributed by atoms with Crippen LogP contribution in [0.5, 0.6) is 0 Å². The average Bonchev–Trinajstić information content (AvgIpc) is 2.39. The van der Waals surface area contributed by atoms with Crippen molar-refractivity contribution in [3.63, 3.8) is 0 Å². The van der Waals surface area contributed by atoms with Crippen LogP contribution in [-0.4, -0.2) is 11.1 Å². The van der Waals surface area contributed by atoms with Gasteiger partial charge in [0.25, 0.3) is 0 Å². The molecule has 2 nitrogen and oxygen atoms in total. The molecule has 0 saturated heterocycles. The van der Waals surface area contributed by atoms with Crippen molar-refractivity contribution >= 4 is 12.0 Å². The third kappa shape index (κ3) is 2.26. The summed E-state index contributed by atoms with van der Waals surface area (Å²) in [6.45, 7) is 3.76. The molecule has 0 atom stereocenters. The quantitative estimate of drug-likeness (QED) is 0.863. The molecule has 0 saturated carbocycles. The highest BCUT2D eigenvalue weighted by molar-refractivity contribution is 5.90. The monoisotopic (exact) mass is 224 g/mol. The molecule has 0 aliphatic carbocycles. The minimum atomic E-state index is -0.914. The largest absolute Gasteiger partial charge is 0.478 e. The second-order valence-electron chi connectivity index (χ2n) is 3.68. The van der Waals surface area contributed by atoms with E-state index < -0.39 is 5.97 Å². The summed E-state index contributed by atoms with van der Waals surface area (Å²) in [6, 6.07) is 14.7. The predicted molar refractivity (Wildman–Crippen MR) is 68.9 cm³/mol. The highest BCUT2D eigenvalue weighted by Gasteiger charge is 2.06. The Labute approximate surface area is 99.8 Å². The highest BCUT2D eigenvalue weighted by atomic mass is 16.4. The molecule has 2 aromatic rings. The maximum absolute atomic E-state index is 10.9. The van der Waals surface area contributed by atoms with Gasteiger partial charge in [-0.15, -0.1) is 0 Å². The molecule has 2 rings (SSSR count). The number of aromatic carboxylic acids is 1. The zero-order chi connectivity index (χ0) is 12.3. The molecule has 0 heterocycles. The summed E-state index contributed by atoms with van der Waals surface area (Å²) in [5.74, 6) is -0.914. The van der Waals surface area contributed by atoms with Crippen LogP contribution in [0.15, 0.2) is 55.1 Å². The van der Waals surface area contributed by atoms with E-state index in [9.17, 15) is 4.79 Å². The Hall–Kier alpha value is -2.35. The van der Waals surface area contributed by atoms with Crippen LogP contribution < -0.4 is 0 Å². The molecule has 0 bridgehead atoms. The van der Waals surface area contributed by atoms with Gasteiger partial charge in [-0.1, -0.05) is 49.1 Å². The van der Waals surface area contributed by atoms with E-state index in [4.69, 9.17) is 5.11 Å². The van der Waals surface area contributed by atoms with E-state index >= 15 is 0 Å². The SMILES string of the molecule is C=Cc1ccccc1-c1cccc(C(=O)O)c1. The molecular weight excluding hydrogens is 212 g/mol. The van der Waals surface area contributed by atoms with Gasteiger partial charge in [-0.3, -0.25) is 0 Å². The Morgan fingerprint density at radius 1 is 1.12 bits per heavy atom. The van der Waals surface area contributed by atoms with Crippen molar-refractivity contribution in [3.8, 4) is 11.1 Å². The van der Waals surface area contributed by atoms with E-state index in [0.717, 1.165) is 16.7 Å². The minimum absolute atomic E-state index is 0.293. The summed E-state index contributed by atoms with van der Waals surface area (Å²) in [7, 11) is 0. The third-order valence-corrected chi connectivity index (χ3v) is 2.60. The fourth-order valence-electron chi connectivity index (χ4n) is 1.76.